The Balaban J connectivity index is 1.46. The lowest BCUT2D eigenvalue weighted by Crippen LogP contribution is -2.32. The number of carbonyl (C=O) groups excluding carboxylic acids is 2. The van der Waals surface area contributed by atoms with E-state index in [2.05, 4.69) is 25.8 Å². The third kappa shape index (κ3) is 4.15. The van der Waals surface area contributed by atoms with Gasteiger partial charge in [0.2, 0.25) is 11.8 Å². The molecule has 2 heterocycles. The van der Waals surface area contributed by atoms with Crippen molar-refractivity contribution in [2.45, 2.75) is 51.5 Å². The van der Waals surface area contributed by atoms with E-state index in [9.17, 15) is 9.59 Å². The smallest absolute Gasteiger partial charge is 0.252 e. The Morgan fingerprint density at radius 2 is 2.00 bits per heavy atom. The van der Waals surface area contributed by atoms with Crippen molar-refractivity contribution in [2.24, 2.45) is 11.8 Å². The van der Waals surface area contributed by atoms with Gasteiger partial charge in [0.1, 0.15) is 11.9 Å². The summed E-state index contributed by atoms with van der Waals surface area (Å²) >= 11 is 0. The molecule has 0 radical (unpaired) electrons. The van der Waals surface area contributed by atoms with Crippen LogP contribution in [0.2, 0.25) is 0 Å². The van der Waals surface area contributed by atoms with Gasteiger partial charge in [-0.05, 0) is 43.7 Å². The molecule has 8 heteroatoms. The van der Waals surface area contributed by atoms with E-state index in [1.807, 2.05) is 13.8 Å². The van der Waals surface area contributed by atoms with Crippen molar-refractivity contribution in [2.75, 3.05) is 5.32 Å². The Bertz CT molecular complexity index is 855. The van der Waals surface area contributed by atoms with Gasteiger partial charge in [-0.2, -0.15) is 4.98 Å². The highest BCUT2D eigenvalue weighted by Gasteiger charge is 2.32. The first kappa shape index (κ1) is 17.6. The minimum Gasteiger partial charge on any atom is -0.340 e. The molecule has 27 heavy (non-hydrogen) atoms. The summed E-state index contributed by atoms with van der Waals surface area (Å²) in [6.07, 6.45) is 5.51. The Morgan fingerprint density at radius 1 is 1.22 bits per heavy atom. The summed E-state index contributed by atoms with van der Waals surface area (Å²) in [6.45, 7) is 3.97. The third-order valence-electron chi connectivity index (χ3n) is 4.84. The predicted molar refractivity (Wildman–Crippen MR) is 96.9 cm³/mol. The van der Waals surface area contributed by atoms with E-state index in [1.54, 1.807) is 12.1 Å². The molecule has 0 bridgehead atoms. The SMILES string of the molecule is CC(C)C(NC(=O)c1ccnc(NC(=O)C2CC2)c1)c1nc(C2CC2)no1. The topological polar surface area (TPSA) is 110 Å². The average Bonchev–Trinajstić information content (AvgIpc) is 3.57. The van der Waals surface area contributed by atoms with Crippen LogP contribution in [0.25, 0.3) is 0 Å². The van der Waals surface area contributed by atoms with E-state index >= 15 is 0 Å². The number of anilines is 1. The fourth-order valence-corrected chi connectivity index (χ4v) is 2.83. The number of nitrogens with zero attached hydrogens (tertiary/aromatic N) is 3. The van der Waals surface area contributed by atoms with Gasteiger partial charge in [-0.25, -0.2) is 4.98 Å². The first-order valence-corrected chi connectivity index (χ1v) is 9.42. The number of rotatable bonds is 7. The molecule has 2 fully saturated rings. The fraction of sp³-hybridized carbons (Fsp3) is 0.526. The van der Waals surface area contributed by atoms with Crippen LogP contribution >= 0.6 is 0 Å². The lowest BCUT2D eigenvalue weighted by Gasteiger charge is -2.18. The zero-order chi connectivity index (χ0) is 19.0. The Labute approximate surface area is 157 Å². The highest BCUT2D eigenvalue weighted by Crippen LogP contribution is 2.38. The number of hydrogen-bond donors (Lipinski definition) is 2. The largest absolute Gasteiger partial charge is 0.340 e. The summed E-state index contributed by atoms with van der Waals surface area (Å²) in [5, 5.41) is 9.76. The number of carbonyl (C=O) groups is 2. The van der Waals surface area contributed by atoms with Crippen molar-refractivity contribution in [1.29, 1.82) is 0 Å². The summed E-state index contributed by atoms with van der Waals surface area (Å²) in [6, 6.07) is 2.81. The third-order valence-corrected chi connectivity index (χ3v) is 4.84. The van der Waals surface area contributed by atoms with E-state index in [4.69, 9.17) is 4.52 Å². The molecule has 1 unspecified atom stereocenters. The van der Waals surface area contributed by atoms with Gasteiger partial charge in [0.25, 0.3) is 5.91 Å². The molecule has 2 N–H and O–H groups in total. The lowest BCUT2D eigenvalue weighted by atomic mass is 10.0. The minimum absolute atomic E-state index is 0.0430. The van der Waals surface area contributed by atoms with E-state index < -0.39 is 0 Å². The lowest BCUT2D eigenvalue weighted by molar-refractivity contribution is -0.117. The Morgan fingerprint density at radius 3 is 2.67 bits per heavy atom. The zero-order valence-electron chi connectivity index (χ0n) is 15.4. The summed E-state index contributed by atoms with van der Waals surface area (Å²) in [5.41, 5.74) is 0.420. The molecule has 2 saturated carbocycles. The number of pyridine rings is 1. The molecule has 0 saturated heterocycles. The van der Waals surface area contributed by atoms with E-state index in [-0.39, 0.29) is 29.7 Å². The van der Waals surface area contributed by atoms with Gasteiger partial charge in [-0.1, -0.05) is 19.0 Å². The van der Waals surface area contributed by atoms with Crippen LogP contribution in [0.15, 0.2) is 22.9 Å². The molecule has 2 aliphatic rings. The van der Waals surface area contributed by atoms with E-state index in [0.29, 0.717) is 23.2 Å². The molecule has 0 aromatic carbocycles. The first-order chi connectivity index (χ1) is 13.0. The first-order valence-electron chi connectivity index (χ1n) is 9.42. The average molecular weight is 369 g/mol. The summed E-state index contributed by atoms with van der Waals surface area (Å²) in [5.74, 6) is 1.77. The van der Waals surface area contributed by atoms with Crippen molar-refractivity contribution in [3.63, 3.8) is 0 Å². The molecule has 142 valence electrons. The second-order valence-electron chi connectivity index (χ2n) is 7.65. The van der Waals surface area contributed by atoms with Gasteiger partial charge in [0.05, 0.1) is 0 Å². The molecule has 0 spiro atoms. The van der Waals surface area contributed by atoms with Crippen molar-refractivity contribution < 1.29 is 14.1 Å². The van der Waals surface area contributed by atoms with Crippen molar-refractivity contribution in [3.05, 3.63) is 35.6 Å². The van der Waals surface area contributed by atoms with Crippen LogP contribution in [-0.4, -0.2) is 26.9 Å². The van der Waals surface area contributed by atoms with Gasteiger partial charge in [-0.15, -0.1) is 0 Å². The summed E-state index contributed by atoms with van der Waals surface area (Å²) in [4.78, 5) is 33.2. The molecule has 2 aliphatic carbocycles. The summed E-state index contributed by atoms with van der Waals surface area (Å²) < 4.78 is 5.39. The van der Waals surface area contributed by atoms with Gasteiger partial charge >= 0.3 is 0 Å². The standard InChI is InChI=1S/C19H23N5O3/c1-10(2)15(19-23-16(24-27-19)11-3-4-11)22-18(26)13-7-8-20-14(9-13)21-17(25)12-5-6-12/h7-12,15H,3-6H2,1-2H3,(H,22,26)(H,20,21,25). The Kier molecular flexibility index (Phi) is 4.63. The molecular weight excluding hydrogens is 346 g/mol. The van der Waals surface area contributed by atoms with Crippen LogP contribution < -0.4 is 10.6 Å². The predicted octanol–water partition coefficient (Wildman–Crippen LogP) is 2.82. The van der Waals surface area contributed by atoms with Crippen LogP contribution in [0, 0.1) is 11.8 Å². The number of aromatic nitrogens is 3. The quantitative estimate of drug-likeness (QED) is 0.776. The van der Waals surface area contributed by atoms with Crippen LogP contribution in [0.4, 0.5) is 5.82 Å². The molecule has 2 aromatic heterocycles. The molecular formula is C19H23N5O3. The minimum atomic E-state index is -0.379. The maximum absolute atomic E-state index is 12.7. The van der Waals surface area contributed by atoms with Crippen molar-refractivity contribution in [1.82, 2.24) is 20.4 Å². The number of hydrogen-bond acceptors (Lipinski definition) is 6. The van der Waals surface area contributed by atoms with Gasteiger partial charge < -0.3 is 15.2 Å². The summed E-state index contributed by atoms with van der Waals surface area (Å²) in [7, 11) is 0. The zero-order valence-corrected chi connectivity index (χ0v) is 15.4. The van der Waals surface area contributed by atoms with Crippen LogP contribution in [0.3, 0.4) is 0 Å². The Hall–Kier alpha value is -2.77. The highest BCUT2D eigenvalue weighted by molar-refractivity contribution is 5.97. The van der Waals surface area contributed by atoms with Gasteiger partial charge in [0, 0.05) is 23.6 Å². The van der Waals surface area contributed by atoms with E-state index in [0.717, 1.165) is 31.5 Å². The maximum Gasteiger partial charge on any atom is 0.252 e. The molecule has 4 rings (SSSR count). The molecule has 2 aromatic rings. The molecule has 1 atom stereocenters. The molecule has 0 aliphatic heterocycles. The maximum atomic E-state index is 12.7. The van der Waals surface area contributed by atoms with Crippen molar-refractivity contribution >= 4 is 17.6 Å². The molecule has 2 amide bonds. The van der Waals surface area contributed by atoms with Crippen LogP contribution in [-0.2, 0) is 4.79 Å². The normalized spacial score (nSPS) is 17.6. The van der Waals surface area contributed by atoms with Gasteiger partial charge in [0.15, 0.2) is 5.82 Å². The second kappa shape index (κ2) is 7.09. The van der Waals surface area contributed by atoms with Crippen LogP contribution in [0.5, 0.6) is 0 Å². The number of nitrogens with one attached hydrogen (secondary N) is 2. The monoisotopic (exact) mass is 369 g/mol. The van der Waals surface area contributed by atoms with Crippen molar-refractivity contribution in [3.8, 4) is 0 Å². The number of amides is 2. The second-order valence-corrected chi connectivity index (χ2v) is 7.65. The fourth-order valence-electron chi connectivity index (χ4n) is 2.83. The van der Waals surface area contributed by atoms with Gasteiger partial charge in [-0.3, -0.25) is 9.59 Å². The molecule has 8 nitrogen and oxygen atoms in total. The van der Waals surface area contributed by atoms with E-state index in [1.165, 1.54) is 6.20 Å². The van der Waals surface area contributed by atoms with Crippen LogP contribution in [0.1, 0.15) is 73.6 Å². The highest BCUT2D eigenvalue weighted by atomic mass is 16.5.